The highest BCUT2D eigenvalue weighted by molar-refractivity contribution is 7.15. The molecule has 0 aliphatic heterocycles. The highest BCUT2D eigenvalue weighted by Crippen LogP contribution is 2.29. The molecule has 0 unspecified atom stereocenters. The van der Waals surface area contributed by atoms with Gasteiger partial charge in [0.25, 0.3) is 5.91 Å². The number of anilines is 1. The van der Waals surface area contributed by atoms with Gasteiger partial charge < -0.3 is 5.32 Å². The van der Waals surface area contributed by atoms with Crippen LogP contribution >= 0.6 is 22.7 Å². The fraction of sp³-hybridized carbons (Fsp3) is 0.364. The molecule has 2 N–H and O–H groups in total. The van der Waals surface area contributed by atoms with Crippen LogP contribution in [0.1, 0.15) is 54.4 Å². The van der Waals surface area contributed by atoms with Crippen LogP contribution in [0, 0.1) is 0 Å². The molecule has 3 aromatic rings. The third-order valence-corrected chi connectivity index (χ3v) is 6.54. The Bertz CT molecular complexity index is 1020. The average Bonchev–Trinajstić information content (AvgIpc) is 3.35. The Morgan fingerprint density at radius 2 is 1.87 bits per heavy atom. The first-order chi connectivity index (χ1) is 14.2. The van der Waals surface area contributed by atoms with E-state index in [1.165, 1.54) is 35.2 Å². The van der Waals surface area contributed by atoms with E-state index in [9.17, 15) is 9.59 Å². The maximum atomic E-state index is 12.5. The lowest BCUT2D eigenvalue weighted by molar-refractivity contribution is -0.118. The number of thiazole rings is 2. The third-order valence-electron chi connectivity index (χ3n) is 4.36. The summed E-state index contributed by atoms with van der Waals surface area (Å²) in [5, 5.41) is 9.12. The van der Waals surface area contributed by atoms with Gasteiger partial charge in [-0.25, -0.2) is 9.97 Å². The summed E-state index contributed by atoms with van der Waals surface area (Å²) in [5.41, 5.74) is 2.98. The van der Waals surface area contributed by atoms with Gasteiger partial charge in [0.1, 0.15) is 4.88 Å². The first-order valence-electron chi connectivity index (χ1n) is 9.79. The highest BCUT2D eigenvalue weighted by Gasteiger charge is 2.21. The van der Waals surface area contributed by atoms with E-state index in [0.29, 0.717) is 16.6 Å². The van der Waals surface area contributed by atoms with E-state index in [1.54, 1.807) is 6.20 Å². The number of hydrogen-bond acceptors (Lipinski definition) is 6. The van der Waals surface area contributed by atoms with Crippen molar-refractivity contribution >= 4 is 39.6 Å². The molecule has 0 radical (unpaired) electrons. The number of benzene rings is 1. The summed E-state index contributed by atoms with van der Waals surface area (Å²) in [6.45, 7) is 8.45. The topological polar surface area (TPSA) is 84.0 Å². The minimum absolute atomic E-state index is 0.00163. The van der Waals surface area contributed by atoms with E-state index in [2.05, 4.69) is 53.5 Å². The Labute approximate surface area is 184 Å². The van der Waals surface area contributed by atoms with Gasteiger partial charge in [-0.3, -0.25) is 14.9 Å². The van der Waals surface area contributed by atoms with Crippen LogP contribution in [-0.4, -0.2) is 28.3 Å². The molecule has 3 rings (SSSR count). The lowest BCUT2D eigenvalue weighted by Gasteiger charge is -2.13. The lowest BCUT2D eigenvalue weighted by Crippen LogP contribution is -2.21. The molecule has 0 spiro atoms. The van der Waals surface area contributed by atoms with Gasteiger partial charge >= 0.3 is 0 Å². The van der Waals surface area contributed by atoms with Crippen molar-refractivity contribution in [3.63, 3.8) is 0 Å². The van der Waals surface area contributed by atoms with Crippen LogP contribution in [0.4, 0.5) is 5.13 Å². The summed E-state index contributed by atoms with van der Waals surface area (Å²) < 4.78 is 0. The van der Waals surface area contributed by atoms with Crippen molar-refractivity contribution in [2.75, 3.05) is 11.9 Å². The Morgan fingerprint density at radius 1 is 1.13 bits per heavy atom. The number of nitrogens with zero attached hydrogens (tertiary/aromatic N) is 2. The summed E-state index contributed by atoms with van der Waals surface area (Å²) in [7, 11) is 0. The molecule has 0 atom stereocenters. The molecular weight excluding hydrogens is 416 g/mol. The van der Waals surface area contributed by atoms with Gasteiger partial charge in [-0.05, 0) is 18.4 Å². The number of amides is 2. The number of hydrogen-bond donors (Lipinski definition) is 2. The molecule has 2 heterocycles. The fourth-order valence-corrected chi connectivity index (χ4v) is 4.33. The molecule has 8 heteroatoms. The number of carbonyl (C=O) groups excluding carboxylic acids is 2. The second-order valence-electron chi connectivity index (χ2n) is 8.06. The summed E-state index contributed by atoms with van der Waals surface area (Å²) >= 11 is 2.82. The van der Waals surface area contributed by atoms with Crippen molar-refractivity contribution in [2.45, 2.75) is 46.0 Å². The van der Waals surface area contributed by atoms with Crippen LogP contribution < -0.4 is 10.6 Å². The molecule has 0 aliphatic carbocycles. The summed E-state index contributed by atoms with van der Waals surface area (Å²) in [5.74, 6) is -0.180. The van der Waals surface area contributed by atoms with Crippen molar-refractivity contribution < 1.29 is 9.59 Å². The first-order valence-corrected chi connectivity index (χ1v) is 11.5. The second kappa shape index (κ2) is 9.49. The number of carbonyl (C=O) groups is 2. The zero-order valence-electron chi connectivity index (χ0n) is 17.6. The van der Waals surface area contributed by atoms with Crippen molar-refractivity contribution in [2.24, 2.45) is 0 Å². The fourth-order valence-electron chi connectivity index (χ4n) is 2.75. The Balaban J connectivity index is 1.58. The molecule has 30 heavy (non-hydrogen) atoms. The van der Waals surface area contributed by atoms with Crippen molar-refractivity contribution in [3.8, 4) is 11.3 Å². The third kappa shape index (κ3) is 5.96. The first kappa shape index (κ1) is 22.1. The molecule has 0 fully saturated rings. The molecule has 6 nitrogen and oxygen atoms in total. The Kier molecular flexibility index (Phi) is 6.99. The predicted octanol–water partition coefficient (Wildman–Crippen LogP) is 4.89. The molecule has 158 valence electrons. The number of aryl methyl sites for hydroxylation is 1. The number of nitrogens with one attached hydrogen (secondary N) is 2. The predicted molar refractivity (Wildman–Crippen MR) is 123 cm³/mol. The van der Waals surface area contributed by atoms with Gasteiger partial charge in [0.2, 0.25) is 5.91 Å². The van der Waals surface area contributed by atoms with Crippen molar-refractivity contribution in [1.82, 2.24) is 15.3 Å². The van der Waals surface area contributed by atoms with Crippen LogP contribution in [0.5, 0.6) is 0 Å². The summed E-state index contributed by atoms with van der Waals surface area (Å²) in [6.07, 6.45) is 3.43. The van der Waals surface area contributed by atoms with Crippen LogP contribution in [0.15, 0.2) is 35.8 Å². The number of aromatic nitrogens is 2. The van der Waals surface area contributed by atoms with Gasteiger partial charge in [0, 0.05) is 29.8 Å². The molecule has 1 aromatic carbocycles. The smallest absolute Gasteiger partial charge is 0.269 e. The van der Waals surface area contributed by atoms with Crippen LogP contribution in [0.25, 0.3) is 11.3 Å². The van der Waals surface area contributed by atoms with Gasteiger partial charge in [0.05, 0.1) is 16.9 Å². The molecule has 0 saturated heterocycles. The second-order valence-corrected chi connectivity index (χ2v) is 9.94. The largest absolute Gasteiger partial charge is 0.356 e. The van der Waals surface area contributed by atoms with E-state index in [4.69, 9.17) is 0 Å². The monoisotopic (exact) mass is 442 g/mol. The zero-order chi connectivity index (χ0) is 21.7. The molecule has 2 amide bonds. The molecular formula is C22H26N4O2S2. The zero-order valence-corrected chi connectivity index (χ0v) is 19.2. The van der Waals surface area contributed by atoms with Crippen LogP contribution in [0.3, 0.4) is 0 Å². The minimum atomic E-state index is -0.182. The normalized spacial score (nSPS) is 11.3. The van der Waals surface area contributed by atoms with Crippen molar-refractivity contribution in [1.29, 1.82) is 0 Å². The Morgan fingerprint density at radius 3 is 2.50 bits per heavy atom. The van der Waals surface area contributed by atoms with Gasteiger partial charge in [-0.15, -0.1) is 22.7 Å². The summed E-state index contributed by atoms with van der Waals surface area (Å²) in [4.78, 5) is 32.9. The summed E-state index contributed by atoms with van der Waals surface area (Å²) in [6, 6.07) is 8.22. The maximum Gasteiger partial charge on any atom is 0.269 e. The molecule has 0 aliphatic rings. The van der Waals surface area contributed by atoms with E-state index in [0.717, 1.165) is 29.1 Å². The molecule has 2 aromatic heterocycles. The molecule has 0 saturated carbocycles. The minimum Gasteiger partial charge on any atom is -0.356 e. The average molecular weight is 443 g/mol. The standard InChI is InChI=1S/C22H26N4O2S2/c1-14(27)23-11-5-6-15-7-9-16(10-8-15)17-13-29-21(25-17)26-19(28)18-12-24-20(30-18)22(2,3)4/h7-10,12-13H,5-6,11H2,1-4H3,(H,23,27)(H,25,26,28). The van der Waals surface area contributed by atoms with E-state index >= 15 is 0 Å². The number of rotatable bonds is 7. The molecule has 0 bridgehead atoms. The van der Waals surface area contributed by atoms with Crippen molar-refractivity contribution in [3.05, 3.63) is 51.3 Å². The van der Waals surface area contributed by atoms with E-state index < -0.39 is 0 Å². The SMILES string of the molecule is CC(=O)NCCCc1ccc(-c2csc(NC(=O)c3cnc(C(C)(C)C)s3)n2)cc1. The van der Waals surface area contributed by atoms with Gasteiger partial charge in [-0.2, -0.15) is 0 Å². The Hall–Kier alpha value is -2.58. The van der Waals surface area contributed by atoms with Gasteiger partial charge in [-0.1, -0.05) is 45.0 Å². The van der Waals surface area contributed by atoms with Gasteiger partial charge in [0.15, 0.2) is 5.13 Å². The van der Waals surface area contributed by atoms with E-state index in [1.807, 2.05) is 17.5 Å². The maximum absolute atomic E-state index is 12.5. The quantitative estimate of drug-likeness (QED) is 0.511. The lowest BCUT2D eigenvalue weighted by atomic mass is 9.98. The highest BCUT2D eigenvalue weighted by atomic mass is 32.1. The van der Waals surface area contributed by atoms with E-state index in [-0.39, 0.29) is 17.2 Å². The van der Waals surface area contributed by atoms with Crippen LogP contribution in [0.2, 0.25) is 0 Å². The van der Waals surface area contributed by atoms with Crippen LogP contribution in [-0.2, 0) is 16.6 Å².